The van der Waals surface area contributed by atoms with E-state index in [1.54, 1.807) is 24.3 Å². The van der Waals surface area contributed by atoms with Gasteiger partial charge in [-0.25, -0.2) is 9.37 Å². The number of anilines is 4. The molecule has 5 N–H and O–H groups in total. The Kier molecular flexibility index (Phi) is 6.25. The Bertz CT molecular complexity index is 1070. The third kappa shape index (κ3) is 6.06. The number of rotatable bonds is 7. The fraction of sp³-hybridized carbons (Fsp3) is 0.100. The zero-order valence-corrected chi connectivity index (χ0v) is 15.8. The van der Waals surface area contributed by atoms with Gasteiger partial charge < -0.3 is 26.2 Å². The standard InChI is InChI=1S/C20H17F4N5O2/c1-11(25)17(30)12-5-7-13(8-6-12)27-18-16(21)10-26-19(29-18)28-14-3-2-4-15(9-14)31-20(22,23)24/h2-10,17,30H,1,25H2,(H2,26,27,28,29). The Balaban J connectivity index is 1.75. The van der Waals surface area contributed by atoms with Crippen LogP contribution < -0.4 is 21.1 Å². The molecule has 0 saturated carbocycles. The number of aromatic nitrogens is 2. The SMILES string of the molecule is C=C(N)C(O)c1ccc(Nc2nc(Nc3cccc(OC(F)(F)F)c3)ncc2F)cc1. The monoisotopic (exact) mass is 435 g/mol. The highest BCUT2D eigenvalue weighted by molar-refractivity contribution is 5.61. The van der Waals surface area contributed by atoms with E-state index in [0.717, 1.165) is 18.3 Å². The van der Waals surface area contributed by atoms with Crippen molar-refractivity contribution < 1.29 is 27.4 Å². The first-order chi connectivity index (χ1) is 14.6. The summed E-state index contributed by atoms with van der Waals surface area (Å²) >= 11 is 0. The van der Waals surface area contributed by atoms with Crippen LogP contribution in [0.1, 0.15) is 11.7 Å². The fourth-order valence-corrected chi connectivity index (χ4v) is 2.51. The molecule has 162 valence electrons. The summed E-state index contributed by atoms with van der Waals surface area (Å²) in [5.74, 6) is -1.41. The van der Waals surface area contributed by atoms with Gasteiger partial charge in [-0.1, -0.05) is 24.8 Å². The van der Waals surface area contributed by atoms with Gasteiger partial charge in [-0.2, -0.15) is 4.98 Å². The number of halogens is 4. The molecule has 1 aromatic heterocycles. The number of benzene rings is 2. The molecular weight excluding hydrogens is 418 g/mol. The number of nitrogens with two attached hydrogens (primary N) is 1. The molecule has 0 saturated heterocycles. The van der Waals surface area contributed by atoms with Crippen molar-refractivity contribution in [1.82, 2.24) is 9.97 Å². The lowest BCUT2D eigenvalue weighted by molar-refractivity contribution is -0.274. The second-order valence-corrected chi connectivity index (χ2v) is 6.32. The minimum absolute atomic E-state index is 0.0560. The molecule has 3 rings (SSSR count). The molecule has 1 unspecified atom stereocenters. The molecule has 0 aliphatic rings. The maximum Gasteiger partial charge on any atom is 0.573 e. The van der Waals surface area contributed by atoms with Gasteiger partial charge in [0.1, 0.15) is 11.9 Å². The largest absolute Gasteiger partial charge is 0.573 e. The van der Waals surface area contributed by atoms with Crippen LogP contribution in [-0.4, -0.2) is 21.4 Å². The minimum atomic E-state index is -4.83. The van der Waals surface area contributed by atoms with E-state index in [4.69, 9.17) is 5.73 Å². The van der Waals surface area contributed by atoms with Gasteiger partial charge in [-0.3, -0.25) is 0 Å². The topological polar surface area (TPSA) is 105 Å². The average molecular weight is 435 g/mol. The summed E-state index contributed by atoms with van der Waals surface area (Å²) in [6.45, 7) is 3.48. The number of nitrogens with zero attached hydrogens (tertiary/aromatic N) is 2. The normalized spacial score (nSPS) is 12.2. The van der Waals surface area contributed by atoms with Crippen LogP contribution in [0.2, 0.25) is 0 Å². The summed E-state index contributed by atoms with van der Waals surface area (Å²) in [6.07, 6.45) is -4.95. The third-order valence-corrected chi connectivity index (χ3v) is 3.91. The molecule has 2 aromatic carbocycles. The van der Waals surface area contributed by atoms with Crippen LogP contribution in [0.4, 0.5) is 40.7 Å². The van der Waals surface area contributed by atoms with Crippen molar-refractivity contribution in [3.8, 4) is 5.75 Å². The van der Waals surface area contributed by atoms with E-state index in [1.165, 1.54) is 12.1 Å². The molecule has 0 radical (unpaired) electrons. The first kappa shape index (κ1) is 21.8. The smallest absolute Gasteiger partial charge is 0.406 e. The average Bonchev–Trinajstić information content (AvgIpc) is 2.69. The lowest BCUT2D eigenvalue weighted by atomic mass is 10.1. The molecule has 11 heteroatoms. The summed E-state index contributed by atoms with van der Waals surface area (Å²) < 4.78 is 55.1. The van der Waals surface area contributed by atoms with Crippen LogP contribution in [0.3, 0.4) is 0 Å². The lowest BCUT2D eigenvalue weighted by Crippen LogP contribution is -2.17. The first-order valence-electron chi connectivity index (χ1n) is 8.75. The molecule has 0 spiro atoms. The number of hydrogen-bond acceptors (Lipinski definition) is 7. The van der Waals surface area contributed by atoms with E-state index < -0.39 is 24.0 Å². The van der Waals surface area contributed by atoms with E-state index in [1.807, 2.05) is 0 Å². The van der Waals surface area contributed by atoms with E-state index in [2.05, 4.69) is 31.9 Å². The van der Waals surface area contributed by atoms with Crippen LogP contribution in [0, 0.1) is 5.82 Å². The van der Waals surface area contributed by atoms with Gasteiger partial charge >= 0.3 is 6.36 Å². The third-order valence-electron chi connectivity index (χ3n) is 3.91. The van der Waals surface area contributed by atoms with Crippen molar-refractivity contribution >= 4 is 23.1 Å². The van der Waals surface area contributed by atoms with Gasteiger partial charge in [-0.05, 0) is 29.8 Å². The number of nitrogens with one attached hydrogen (secondary N) is 2. The highest BCUT2D eigenvalue weighted by Crippen LogP contribution is 2.27. The molecule has 7 nitrogen and oxygen atoms in total. The van der Waals surface area contributed by atoms with Gasteiger partial charge in [-0.15, -0.1) is 13.2 Å². The van der Waals surface area contributed by atoms with Crippen LogP contribution in [0.15, 0.2) is 67.0 Å². The van der Waals surface area contributed by atoms with Crippen molar-refractivity contribution in [2.24, 2.45) is 5.73 Å². The molecule has 31 heavy (non-hydrogen) atoms. The Hall–Kier alpha value is -3.86. The predicted octanol–water partition coefficient (Wildman–Crippen LogP) is 4.51. The highest BCUT2D eigenvalue weighted by atomic mass is 19.4. The van der Waals surface area contributed by atoms with E-state index in [0.29, 0.717) is 11.3 Å². The van der Waals surface area contributed by atoms with Gasteiger partial charge in [0.2, 0.25) is 5.95 Å². The molecule has 0 aliphatic heterocycles. The molecule has 0 amide bonds. The van der Waals surface area contributed by atoms with E-state index >= 15 is 0 Å². The van der Waals surface area contributed by atoms with Crippen molar-refractivity contribution in [2.45, 2.75) is 12.5 Å². The number of hydrogen-bond donors (Lipinski definition) is 4. The van der Waals surface area contributed by atoms with Gasteiger partial charge in [0.15, 0.2) is 11.6 Å². The first-order valence-corrected chi connectivity index (χ1v) is 8.75. The summed E-state index contributed by atoms with van der Waals surface area (Å²) in [4.78, 5) is 7.78. The minimum Gasteiger partial charge on any atom is -0.406 e. The predicted molar refractivity (Wildman–Crippen MR) is 106 cm³/mol. The van der Waals surface area contributed by atoms with Gasteiger partial charge in [0.25, 0.3) is 0 Å². The molecule has 1 heterocycles. The fourth-order valence-electron chi connectivity index (χ4n) is 2.51. The van der Waals surface area contributed by atoms with Crippen molar-refractivity contribution in [3.63, 3.8) is 0 Å². The van der Waals surface area contributed by atoms with Gasteiger partial charge in [0.05, 0.1) is 6.20 Å². The molecule has 0 bridgehead atoms. The summed E-state index contributed by atoms with van der Waals surface area (Å²) in [5.41, 5.74) is 6.73. The van der Waals surface area contributed by atoms with Crippen LogP contribution in [-0.2, 0) is 0 Å². The molecule has 1 atom stereocenters. The summed E-state index contributed by atoms with van der Waals surface area (Å²) in [6, 6.07) is 11.4. The quantitative estimate of drug-likeness (QED) is 0.405. The van der Waals surface area contributed by atoms with Crippen molar-refractivity contribution in [3.05, 3.63) is 78.4 Å². The second kappa shape index (κ2) is 8.88. The van der Waals surface area contributed by atoms with Crippen LogP contribution in [0.25, 0.3) is 0 Å². The zero-order valence-electron chi connectivity index (χ0n) is 15.8. The molecular formula is C20H17F4N5O2. The zero-order chi connectivity index (χ0) is 22.6. The number of ether oxygens (including phenoxy) is 1. The molecule has 0 aliphatic carbocycles. The van der Waals surface area contributed by atoms with E-state index in [9.17, 15) is 22.7 Å². The van der Waals surface area contributed by atoms with Crippen molar-refractivity contribution in [2.75, 3.05) is 10.6 Å². The Labute approximate surface area is 174 Å². The Morgan fingerprint density at radius 3 is 2.45 bits per heavy atom. The molecule has 0 fully saturated rings. The maximum absolute atomic E-state index is 14.1. The highest BCUT2D eigenvalue weighted by Gasteiger charge is 2.31. The number of aliphatic hydroxyl groups excluding tert-OH is 1. The maximum atomic E-state index is 14.1. The summed E-state index contributed by atoms with van der Waals surface area (Å²) in [5, 5.41) is 15.3. The second-order valence-electron chi connectivity index (χ2n) is 6.32. The number of alkyl halides is 3. The van der Waals surface area contributed by atoms with Crippen LogP contribution in [0.5, 0.6) is 5.75 Å². The Morgan fingerprint density at radius 1 is 1.10 bits per heavy atom. The van der Waals surface area contributed by atoms with Crippen molar-refractivity contribution in [1.29, 1.82) is 0 Å². The van der Waals surface area contributed by atoms with Gasteiger partial charge in [0, 0.05) is 23.1 Å². The number of aliphatic hydroxyl groups is 1. The Morgan fingerprint density at radius 2 is 1.81 bits per heavy atom. The summed E-state index contributed by atoms with van der Waals surface area (Å²) in [7, 11) is 0. The van der Waals surface area contributed by atoms with E-state index in [-0.39, 0.29) is 23.2 Å². The van der Waals surface area contributed by atoms with Crippen LogP contribution >= 0.6 is 0 Å². The molecule has 3 aromatic rings. The lowest BCUT2D eigenvalue weighted by Gasteiger charge is -2.13.